The average Bonchev–Trinajstić information content (AvgIpc) is 2.95. The molecular weight excluding hydrogens is 498 g/mol. The zero-order valence-corrected chi connectivity index (χ0v) is 26.7. The van der Waals surface area contributed by atoms with Gasteiger partial charge in [-0.3, -0.25) is 4.79 Å². The lowest BCUT2D eigenvalue weighted by atomic mass is 10.0. The van der Waals surface area contributed by atoms with Crippen LogP contribution < -0.4 is 5.32 Å². The van der Waals surface area contributed by atoms with E-state index in [1.165, 1.54) is 128 Å². The first-order valence-corrected chi connectivity index (χ1v) is 17.5. The monoisotopic (exact) mass is 568 g/mol. The Hall–Kier alpha value is -0.910. The Labute approximate surface area is 249 Å². The van der Waals surface area contributed by atoms with Gasteiger partial charge in [-0.15, -0.1) is 0 Å². The molecule has 0 unspecified atom stereocenters. The second-order valence-corrected chi connectivity index (χ2v) is 12.1. The normalized spacial score (nSPS) is 14.0. The molecule has 0 aromatic heterocycles. The van der Waals surface area contributed by atoms with Crippen molar-refractivity contribution in [1.82, 2.24) is 5.32 Å². The van der Waals surface area contributed by atoms with Gasteiger partial charge in [-0.25, -0.2) is 0 Å². The molecule has 238 valence electrons. The molecule has 0 aliphatic carbocycles. The van der Waals surface area contributed by atoms with Crippen LogP contribution in [0.25, 0.3) is 0 Å². The number of hydrogen-bond donors (Lipinski definition) is 4. The van der Waals surface area contributed by atoms with Crippen LogP contribution in [0.3, 0.4) is 0 Å². The minimum absolute atomic E-state index is 0.128. The largest absolute Gasteiger partial charge is 0.394 e. The number of hydrogen-bond acceptors (Lipinski definition) is 4. The van der Waals surface area contributed by atoms with E-state index in [1.807, 2.05) is 0 Å². The highest BCUT2D eigenvalue weighted by Crippen LogP contribution is 2.14. The molecule has 0 aliphatic rings. The molecule has 0 aromatic carbocycles. The van der Waals surface area contributed by atoms with Gasteiger partial charge in [0.25, 0.3) is 0 Å². The fourth-order valence-electron chi connectivity index (χ4n) is 5.31. The number of nitrogens with one attached hydrogen (secondary N) is 1. The summed E-state index contributed by atoms with van der Waals surface area (Å²) in [6.07, 6.45) is 33.1. The lowest BCUT2D eigenvalue weighted by Crippen LogP contribution is -2.45. The maximum absolute atomic E-state index is 12.3. The van der Waals surface area contributed by atoms with Crippen LogP contribution in [-0.2, 0) is 4.79 Å². The molecule has 0 rings (SSSR count). The molecule has 4 N–H and O–H groups in total. The van der Waals surface area contributed by atoms with Crippen LogP contribution in [0.15, 0.2) is 12.2 Å². The number of rotatable bonds is 31. The Morgan fingerprint density at radius 2 is 0.950 bits per heavy atom. The summed E-state index contributed by atoms with van der Waals surface area (Å²) in [6.45, 7) is 4.18. The summed E-state index contributed by atoms with van der Waals surface area (Å²) in [5.74, 6) is -0.128. The summed E-state index contributed by atoms with van der Waals surface area (Å²) in [4.78, 5) is 12.3. The second kappa shape index (κ2) is 31.0. The van der Waals surface area contributed by atoms with Gasteiger partial charge in [-0.05, 0) is 12.8 Å². The third kappa shape index (κ3) is 27.3. The van der Waals surface area contributed by atoms with Crippen LogP contribution in [0.5, 0.6) is 0 Å². The summed E-state index contributed by atoms with van der Waals surface area (Å²) < 4.78 is 0. The molecule has 0 saturated heterocycles. The smallest absolute Gasteiger partial charge is 0.220 e. The molecule has 0 saturated carbocycles. The first-order chi connectivity index (χ1) is 19.5. The van der Waals surface area contributed by atoms with E-state index in [9.17, 15) is 20.1 Å². The van der Waals surface area contributed by atoms with Gasteiger partial charge in [-0.1, -0.05) is 174 Å². The van der Waals surface area contributed by atoms with Gasteiger partial charge < -0.3 is 20.6 Å². The van der Waals surface area contributed by atoms with Crippen LogP contribution in [0, 0.1) is 0 Å². The lowest BCUT2D eigenvalue weighted by molar-refractivity contribution is -0.123. The highest BCUT2D eigenvalue weighted by Gasteiger charge is 2.18. The van der Waals surface area contributed by atoms with E-state index in [0.717, 1.165) is 32.1 Å². The van der Waals surface area contributed by atoms with E-state index < -0.39 is 18.2 Å². The van der Waals surface area contributed by atoms with Gasteiger partial charge in [-0.2, -0.15) is 0 Å². The Morgan fingerprint density at radius 1 is 0.575 bits per heavy atom. The standard InChI is InChI=1S/C35H69NO4/c1-3-5-7-9-11-13-15-16-17-18-20-22-24-26-28-35(40)36-33(31-37)34(39)30-29-32(38)27-25-23-21-19-14-12-10-8-6-4-2/h29-30,32-34,37-39H,3-28,31H2,1-2H3,(H,36,40)/b30-29+/t32-,33+,34-/m1/s1. The van der Waals surface area contributed by atoms with Crippen molar-refractivity contribution in [3.63, 3.8) is 0 Å². The van der Waals surface area contributed by atoms with Gasteiger partial charge >= 0.3 is 0 Å². The van der Waals surface area contributed by atoms with Crippen molar-refractivity contribution >= 4 is 5.91 Å². The van der Waals surface area contributed by atoms with Crippen LogP contribution in [0.2, 0.25) is 0 Å². The van der Waals surface area contributed by atoms with E-state index in [0.29, 0.717) is 12.8 Å². The number of unbranched alkanes of at least 4 members (excludes halogenated alkanes) is 22. The SMILES string of the molecule is CCCCCCCCCCCCCCCCC(=O)N[C@@H](CO)[C@H](O)/C=C/[C@H](O)CCCCCCCCCCCC. The summed E-state index contributed by atoms with van der Waals surface area (Å²) in [5, 5.41) is 33.0. The topological polar surface area (TPSA) is 89.8 Å². The summed E-state index contributed by atoms with van der Waals surface area (Å²) >= 11 is 0. The zero-order chi connectivity index (χ0) is 29.5. The van der Waals surface area contributed by atoms with Gasteiger partial charge in [0.15, 0.2) is 0 Å². The maximum atomic E-state index is 12.3. The van der Waals surface area contributed by atoms with Crippen molar-refractivity contribution in [3.8, 4) is 0 Å². The quantitative estimate of drug-likeness (QED) is 0.0497. The number of amides is 1. The number of aliphatic hydroxyl groups is 3. The number of carbonyl (C=O) groups excluding carboxylic acids is 1. The fourth-order valence-corrected chi connectivity index (χ4v) is 5.31. The second-order valence-electron chi connectivity index (χ2n) is 12.1. The Morgan fingerprint density at radius 3 is 1.35 bits per heavy atom. The summed E-state index contributed by atoms with van der Waals surface area (Å²) in [5.41, 5.74) is 0. The van der Waals surface area contributed by atoms with Crippen LogP contribution >= 0.6 is 0 Å². The minimum atomic E-state index is -1.01. The number of carbonyl (C=O) groups is 1. The van der Waals surface area contributed by atoms with E-state index >= 15 is 0 Å². The Balaban J connectivity index is 3.75. The lowest BCUT2D eigenvalue weighted by Gasteiger charge is -2.20. The van der Waals surface area contributed by atoms with E-state index in [-0.39, 0.29) is 12.5 Å². The molecule has 5 nitrogen and oxygen atoms in total. The molecule has 0 aromatic rings. The van der Waals surface area contributed by atoms with Crippen molar-refractivity contribution in [2.75, 3.05) is 6.61 Å². The van der Waals surface area contributed by atoms with Crippen molar-refractivity contribution < 1.29 is 20.1 Å². The molecule has 0 fully saturated rings. The van der Waals surface area contributed by atoms with E-state index in [4.69, 9.17) is 0 Å². The van der Waals surface area contributed by atoms with Gasteiger partial charge in [0, 0.05) is 6.42 Å². The third-order valence-corrected chi connectivity index (χ3v) is 8.10. The molecule has 1 amide bonds. The zero-order valence-electron chi connectivity index (χ0n) is 26.7. The molecule has 0 bridgehead atoms. The van der Waals surface area contributed by atoms with Crippen LogP contribution in [0.4, 0.5) is 0 Å². The van der Waals surface area contributed by atoms with Crippen molar-refractivity contribution in [1.29, 1.82) is 0 Å². The van der Waals surface area contributed by atoms with Gasteiger partial charge in [0.1, 0.15) is 0 Å². The van der Waals surface area contributed by atoms with Gasteiger partial charge in [0.05, 0.1) is 24.9 Å². The molecule has 0 radical (unpaired) electrons. The molecule has 0 heterocycles. The predicted octanol–water partition coefficient (Wildman–Crippen LogP) is 8.92. The molecular formula is C35H69NO4. The molecule has 40 heavy (non-hydrogen) atoms. The predicted molar refractivity (Wildman–Crippen MR) is 172 cm³/mol. The fraction of sp³-hybridized carbons (Fsp3) is 0.914. The van der Waals surface area contributed by atoms with E-state index in [2.05, 4.69) is 19.2 Å². The van der Waals surface area contributed by atoms with Crippen molar-refractivity contribution in [2.45, 2.75) is 199 Å². The third-order valence-electron chi connectivity index (χ3n) is 8.10. The number of aliphatic hydroxyl groups excluding tert-OH is 3. The first kappa shape index (κ1) is 39.1. The molecule has 3 atom stereocenters. The van der Waals surface area contributed by atoms with E-state index in [1.54, 1.807) is 6.08 Å². The van der Waals surface area contributed by atoms with Gasteiger partial charge in [0.2, 0.25) is 5.91 Å². The Kier molecular flexibility index (Phi) is 30.3. The van der Waals surface area contributed by atoms with Crippen LogP contribution in [-0.4, -0.2) is 46.1 Å². The average molecular weight is 568 g/mol. The van der Waals surface area contributed by atoms with Crippen molar-refractivity contribution in [3.05, 3.63) is 12.2 Å². The first-order valence-electron chi connectivity index (χ1n) is 17.5. The maximum Gasteiger partial charge on any atom is 0.220 e. The Bertz CT molecular complexity index is 554. The minimum Gasteiger partial charge on any atom is -0.394 e. The summed E-state index contributed by atoms with van der Waals surface area (Å²) in [7, 11) is 0. The van der Waals surface area contributed by atoms with Crippen molar-refractivity contribution in [2.24, 2.45) is 0 Å². The molecule has 0 aliphatic heterocycles. The van der Waals surface area contributed by atoms with Crippen LogP contribution in [0.1, 0.15) is 181 Å². The molecule has 0 spiro atoms. The molecule has 5 heteroatoms. The highest BCUT2D eigenvalue weighted by atomic mass is 16.3. The summed E-state index contributed by atoms with van der Waals surface area (Å²) in [6, 6.07) is -0.736. The highest BCUT2D eigenvalue weighted by molar-refractivity contribution is 5.76.